The van der Waals surface area contributed by atoms with Crippen molar-refractivity contribution in [2.45, 2.75) is 6.54 Å². The average molecular weight is 314 g/mol. The maximum atomic E-state index is 5.46. The van der Waals surface area contributed by atoms with Gasteiger partial charge in [0, 0.05) is 17.8 Å². The minimum atomic E-state index is 0.734. The Bertz CT molecular complexity index is 776. The summed E-state index contributed by atoms with van der Waals surface area (Å²) >= 11 is 7.04. The number of pyridine rings is 1. The zero-order valence-electron chi connectivity index (χ0n) is 11.5. The van der Waals surface area contributed by atoms with E-state index >= 15 is 0 Å². The first-order valence-electron chi connectivity index (χ1n) is 6.49. The first-order valence-corrected chi connectivity index (χ1v) is 7.78. The summed E-state index contributed by atoms with van der Waals surface area (Å²) in [6.07, 6.45) is 3.65. The van der Waals surface area contributed by atoms with Crippen molar-refractivity contribution >= 4 is 23.6 Å². The molecule has 2 aromatic heterocycles. The molecule has 0 aliphatic carbocycles. The van der Waals surface area contributed by atoms with E-state index in [0.29, 0.717) is 0 Å². The van der Waals surface area contributed by atoms with Gasteiger partial charge >= 0.3 is 0 Å². The molecule has 0 amide bonds. The first-order chi connectivity index (χ1) is 10.3. The van der Waals surface area contributed by atoms with Crippen LogP contribution in [0.3, 0.4) is 0 Å². The molecule has 3 nitrogen and oxygen atoms in total. The first kappa shape index (κ1) is 14.0. The van der Waals surface area contributed by atoms with Crippen molar-refractivity contribution < 1.29 is 4.74 Å². The van der Waals surface area contributed by atoms with Crippen LogP contribution in [0.15, 0.2) is 54.2 Å². The number of methoxy groups -OCH3 is 1. The highest BCUT2D eigenvalue weighted by atomic mass is 32.1. The second-order valence-corrected chi connectivity index (χ2v) is 6.07. The predicted molar refractivity (Wildman–Crippen MR) is 88.5 cm³/mol. The highest BCUT2D eigenvalue weighted by Crippen LogP contribution is 2.26. The monoisotopic (exact) mass is 314 g/mol. The number of benzene rings is 1. The largest absolute Gasteiger partial charge is 0.497 e. The Hall–Kier alpha value is -1.98. The average Bonchev–Trinajstić information content (AvgIpc) is 2.90. The Labute approximate surface area is 132 Å². The Morgan fingerprint density at radius 1 is 1.24 bits per heavy atom. The molecule has 2 heterocycles. The zero-order chi connectivity index (χ0) is 14.7. The SMILES string of the molecule is COc1ccc(-c2csc(=S)n2Cc2cccnc2)cc1. The van der Waals surface area contributed by atoms with Gasteiger partial charge in [-0.2, -0.15) is 0 Å². The highest BCUT2D eigenvalue weighted by molar-refractivity contribution is 7.73. The molecule has 0 saturated heterocycles. The van der Waals surface area contributed by atoms with E-state index in [4.69, 9.17) is 17.0 Å². The summed E-state index contributed by atoms with van der Waals surface area (Å²) in [4.78, 5) is 4.16. The minimum Gasteiger partial charge on any atom is -0.497 e. The van der Waals surface area contributed by atoms with Gasteiger partial charge in [-0.25, -0.2) is 0 Å². The predicted octanol–water partition coefficient (Wildman–Crippen LogP) is 4.40. The molecule has 0 aliphatic heterocycles. The number of nitrogens with zero attached hydrogens (tertiary/aromatic N) is 2. The highest BCUT2D eigenvalue weighted by Gasteiger charge is 2.08. The molecule has 0 N–H and O–H groups in total. The summed E-state index contributed by atoms with van der Waals surface area (Å²) in [5.41, 5.74) is 3.39. The van der Waals surface area contributed by atoms with Gasteiger partial charge in [-0.05, 0) is 53.7 Å². The lowest BCUT2D eigenvalue weighted by atomic mass is 10.1. The summed E-state index contributed by atoms with van der Waals surface area (Å²) in [5, 5.41) is 2.10. The van der Waals surface area contributed by atoms with Gasteiger partial charge in [-0.3, -0.25) is 4.98 Å². The summed E-state index contributed by atoms with van der Waals surface area (Å²) in [6, 6.07) is 12.0. The lowest BCUT2D eigenvalue weighted by Gasteiger charge is -2.09. The van der Waals surface area contributed by atoms with Crippen LogP contribution >= 0.6 is 23.6 Å². The lowest BCUT2D eigenvalue weighted by molar-refractivity contribution is 0.415. The Morgan fingerprint density at radius 2 is 2.05 bits per heavy atom. The van der Waals surface area contributed by atoms with E-state index < -0.39 is 0 Å². The molecule has 1 aromatic carbocycles. The number of thiazole rings is 1. The molecule has 5 heteroatoms. The lowest BCUT2D eigenvalue weighted by Crippen LogP contribution is -2.01. The van der Waals surface area contributed by atoms with Crippen molar-refractivity contribution in [1.29, 1.82) is 0 Å². The van der Waals surface area contributed by atoms with Gasteiger partial charge < -0.3 is 9.30 Å². The van der Waals surface area contributed by atoms with Gasteiger partial charge in [0.1, 0.15) is 5.75 Å². The summed E-state index contributed by atoms with van der Waals surface area (Å²) in [5.74, 6) is 0.853. The van der Waals surface area contributed by atoms with Gasteiger partial charge in [0.2, 0.25) is 0 Å². The van der Waals surface area contributed by atoms with E-state index in [1.165, 1.54) is 0 Å². The second-order valence-electron chi connectivity index (χ2n) is 4.56. The number of rotatable bonds is 4. The maximum absolute atomic E-state index is 5.46. The fraction of sp³-hybridized carbons (Fsp3) is 0.125. The fourth-order valence-corrected chi connectivity index (χ4v) is 3.21. The van der Waals surface area contributed by atoms with Crippen molar-refractivity contribution in [1.82, 2.24) is 9.55 Å². The topological polar surface area (TPSA) is 27.1 Å². The van der Waals surface area contributed by atoms with Crippen LogP contribution in [0.5, 0.6) is 5.75 Å². The van der Waals surface area contributed by atoms with Gasteiger partial charge in [-0.1, -0.05) is 6.07 Å². The molecule has 0 fully saturated rings. The third-order valence-electron chi connectivity index (χ3n) is 3.23. The van der Waals surface area contributed by atoms with Crippen molar-refractivity contribution in [3.05, 3.63) is 63.7 Å². The van der Waals surface area contributed by atoms with Gasteiger partial charge in [-0.15, -0.1) is 11.3 Å². The normalized spacial score (nSPS) is 10.5. The van der Waals surface area contributed by atoms with E-state index in [1.54, 1.807) is 24.6 Å². The minimum absolute atomic E-state index is 0.734. The number of hydrogen-bond donors (Lipinski definition) is 0. The smallest absolute Gasteiger partial charge is 0.161 e. The van der Waals surface area contributed by atoms with Crippen LogP contribution in [0.2, 0.25) is 0 Å². The second kappa shape index (κ2) is 6.20. The van der Waals surface area contributed by atoms with Crippen molar-refractivity contribution in [2.75, 3.05) is 7.11 Å². The van der Waals surface area contributed by atoms with E-state index in [-0.39, 0.29) is 0 Å². The number of ether oxygens (including phenoxy) is 1. The molecule has 3 aromatic rings. The number of aromatic nitrogens is 2. The molecule has 0 atom stereocenters. The Morgan fingerprint density at radius 3 is 2.71 bits per heavy atom. The maximum Gasteiger partial charge on any atom is 0.161 e. The van der Waals surface area contributed by atoms with E-state index in [2.05, 4.69) is 33.1 Å². The van der Waals surface area contributed by atoms with Gasteiger partial charge in [0.25, 0.3) is 0 Å². The van der Waals surface area contributed by atoms with Crippen LogP contribution in [0.1, 0.15) is 5.56 Å². The van der Waals surface area contributed by atoms with E-state index in [9.17, 15) is 0 Å². The molecule has 0 radical (unpaired) electrons. The summed E-state index contributed by atoms with van der Waals surface area (Å²) < 4.78 is 8.21. The van der Waals surface area contributed by atoms with Crippen LogP contribution in [0, 0.1) is 3.95 Å². The van der Waals surface area contributed by atoms with E-state index in [0.717, 1.165) is 33.1 Å². The molecule has 0 unspecified atom stereocenters. The van der Waals surface area contributed by atoms with Crippen LogP contribution in [-0.4, -0.2) is 16.7 Å². The van der Waals surface area contributed by atoms with Crippen molar-refractivity contribution in [3.63, 3.8) is 0 Å². The molecule has 21 heavy (non-hydrogen) atoms. The van der Waals surface area contributed by atoms with Crippen LogP contribution in [0.25, 0.3) is 11.3 Å². The molecule has 0 spiro atoms. The summed E-state index contributed by atoms with van der Waals surface area (Å²) in [6.45, 7) is 0.734. The molecule has 3 rings (SSSR count). The Kier molecular flexibility index (Phi) is 4.13. The zero-order valence-corrected chi connectivity index (χ0v) is 13.2. The molecule has 106 valence electrons. The molecule has 0 saturated carbocycles. The quantitative estimate of drug-likeness (QED) is 0.668. The van der Waals surface area contributed by atoms with E-state index in [1.807, 2.05) is 24.4 Å². The molecular weight excluding hydrogens is 300 g/mol. The Balaban J connectivity index is 1.98. The molecular formula is C16H14N2OS2. The van der Waals surface area contributed by atoms with Gasteiger partial charge in [0.15, 0.2) is 3.95 Å². The third kappa shape index (κ3) is 3.04. The van der Waals surface area contributed by atoms with Gasteiger partial charge in [0.05, 0.1) is 19.3 Å². The van der Waals surface area contributed by atoms with Crippen LogP contribution in [-0.2, 0) is 6.54 Å². The van der Waals surface area contributed by atoms with Crippen molar-refractivity contribution in [2.24, 2.45) is 0 Å². The third-order valence-corrected chi connectivity index (χ3v) is 4.50. The molecule has 0 bridgehead atoms. The van der Waals surface area contributed by atoms with Crippen LogP contribution in [0.4, 0.5) is 0 Å². The fourth-order valence-electron chi connectivity index (χ4n) is 2.14. The van der Waals surface area contributed by atoms with Crippen LogP contribution < -0.4 is 4.74 Å². The summed E-state index contributed by atoms with van der Waals surface area (Å²) in [7, 11) is 1.67. The van der Waals surface area contributed by atoms with Crippen molar-refractivity contribution in [3.8, 4) is 17.0 Å². The molecule has 0 aliphatic rings. The standard InChI is InChI=1S/C16H14N2OS2/c1-19-14-6-4-13(5-7-14)15-11-21-16(20)18(15)10-12-3-2-8-17-9-12/h2-9,11H,10H2,1H3. The number of hydrogen-bond acceptors (Lipinski definition) is 4.